The van der Waals surface area contributed by atoms with Crippen molar-refractivity contribution in [1.82, 2.24) is 5.32 Å². The van der Waals surface area contributed by atoms with Gasteiger partial charge in [0.05, 0.1) is 38.6 Å². The Balaban J connectivity index is 1.25. The van der Waals surface area contributed by atoms with Crippen LogP contribution < -0.4 is 5.32 Å². The standard InChI is InChI=1S/C80H153NO18/c1-3-5-7-9-11-13-15-17-18-19-20-21-22-23-24-25-26-27-28-29-30-31-32-33-34-35-36-37-38-39-40-41-42-43-44-46-48-50-52-54-56-58-68(86)81-63(64(85)57-55-53-51-49-47-45-16-14-12-10-8-6-4-2)62-94-78-74(92)71(89)76(66(60-83)96-78)99-80-75(93)72(90)77(67(61-84)97-80)98-79-73(91)70(88)69(87)65(59-82)95-79/h55,57,63-67,69-80,82-85,87-93H,3-54,56,58-62H2,1-2H3,(H,81,86)/b57-55+. The molecule has 12 N–H and O–H groups in total. The predicted molar refractivity (Wildman–Crippen MR) is 393 cm³/mol. The number of carbonyl (C=O) groups excluding carboxylic acids is 1. The molecule has 0 aliphatic carbocycles. The predicted octanol–water partition coefficient (Wildman–Crippen LogP) is 14.0. The summed E-state index contributed by atoms with van der Waals surface area (Å²) in [5.74, 6) is -0.268. The molecule has 99 heavy (non-hydrogen) atoms. The quantitative estimate of drug-likeness (QED) is 0.0199. The fourth-order valence-electron chi connectivity index (χ4n) is 14.4. The number of ether oxygens (including phenoxy) is 6. The highest BCUT2D eigenvalue weighted by molar-refractivity contribution is 5.76. The molecule has 3 rings (SSSR count). The van der Waals surface area contributed by atoms with E-state index in [1.807, 2.05) is 6.08 Å². The summed E-state index contributed by atoms with van der Waals surface area (Å²) in [7, 11) is 0. The summed E-state index contributed by atoms with van der Waals surface area (Å²) < 4.78 is 34.4. The number of rotatable bonds is 67. The van der Waals surface area contributed by atoms with E-state index in [1.54, 1.807) is 6.08 Å². The Morgan fingerprint density at radius 1 is 0.354 bits per heavy atom. The zero-order valence-corrected chi connectivity index (χ0v) is 62.8. The monoisotopic (exact) mass is 1420 g/mol. The van der Waals surface area contributed by atoms with Crippen LogP contribution in [0.5, 0.6) is 0 Å². The minimum Gasteiger partial charge on any atom is -0.394 e. The fraction of sp³-hybridized carbons (Fsp3) is 0.963. The first-order chi connectivity index (χ1) is 48.3. The first kappa shape index (κ1) is 91.7. The van der Waals surface area contributed by atoms with Crippen LogP contribution in [0.15, 0.2) is 12.2 Å². The molecular weight excluding hydrogens is 1260 g/mol. The molecule has 1 amide bonds. The van der Waals surface area contributed by atoms with Gasteiger partial charge < -0.3 is 89.9 Å². The maximum Gasteiger partial charge on any atom is 0.220 e. The fourth-order valence-corrected chi connectivity index (χ4v) is 14.4. The van der Waals surface area contributed by atoms with Crippen molar-refractivity contribution in [2.75, 3.05) is 26.4 Å². The van der Waals surface area contributed by atoms with Gasteiger partial charge in [-0.2, -0.15) is 0 Å². The third-order valence-electron chi connectivity index (χ3n) is 21.1. The lowest BCUT2D eigenvalue weighted by atomic mass is 9.96. The van der Waals surface area contributed by atoms with Gasteiger partial charge >= 0.3 is 0 Å². The van der Waals surface area contributed by atoms with Gasteiger partial charge in [-0.1, -0.05) is 347 Å². The lowest BCUT2D eigenvalue weighted by molar-refractivity contribution is -0.379. The number of unbranched alkanes of at least 4 members (excludes halogenated alkanes) is 51. The summed E-state index contributed by atoms with van der Waals surface area (Å²) in [5.41, 5.74) is 0. The van der Waals surface area contributed by atoms with E-state index in [-0.39, 0.29) is 18.9 Å². The third-order valence-corrected chi connectivity index (χ3v) is 21.1. The Hall–Kier alpha value is -1.47. The van der Waals surface area contributed by atoms with Crippen LogP contribution in [0.3, 0.4) is 0 Å². The van der Waals surface area contributed by atoms with Crippen molar-refractivity contribution in [1.29, 1.82) is 0 Å². The summed E-state index contributed by atoms with van der Waals surface area (Å²) in [4.78, 5) is 13.4. The molecule has 17 atom stereocenters. The minimum atomic E-state index is -1.98. The molecule has 3 saturated heterocycles. The van der Waals surface area contributed by atoms with E-state index in [9.17, 15) is 61.0 Å². The number of amides is 1. The average Bonchev–Trinajstić information content (AvgIpc) is 0.784. The second-order valence-electron chi connectivity index (χ2n) is 30.0. The Morgan fingerprint density at radius 2 is 0.626 bits per heavy atom. The molecule has 3 heterocycles. The lowest BCUT2D eigenvalue weighted by Gasteiger charge is -2.48. The van der Waals surface area contributed by atoms with Crippen LogP contribution in [-0.4, -0.2) is 193 Å². The molecule has 0 aromatic rings. The molecule has 0 aromatic heterocycles. The van der Waals surface area contributed by atoms with Crippen molar-refractivity contribution < 1.29 is 89.4 Å². The third kappa shape index (κ3) is 41.9. The molecule has 17 unspecified atom stereocenters. The zero-order valence-electron chi connectivity index (χ0n) is 62.8. The number of aliphatic hydroxyl groups excluding tert-OH is 11. The van der Waals surface area contributed by atoms with E-state index in [0.717, 1.165) is 44.9 Å². The number of carbonyl (C=O) groups is 1. The van der Waals surface area contributed by atoms with Crippen molar-refractivity contribution in [2.45, 2.75) is 465 Å². The lowest BCUT2D eigenvalue weighted by Crippen LogP contribution is -2.66. The second kappa shape index (κ2) is 61.7. The van der Waals surface area contributed by atoms with Crippen LogP contribution in [0, 0.1) is 0 Å². The Kier molecular flexibility index (Phi) is 57.1. The molecule has 3 aliphatic heterocycles. The van der Waals surface area contributed by atoms with Gasteiger partial charge in [0, 0.05) is 6.42 Å². The van der Waals surface area contributed by atoms with E-state index in [0.29, 0.717) is 6.42 Å². The number of aliphatic hydroxyl groups is 11. The summed E-state index contributed by atoms with van der Waals surface area (Å²) in [6.07, 6.45) is 46.9. The van der Waals surface area contributed by atoms with Gasteiger partial charge in [0.1, 0.15) is 73.2 Å². The minimum absolute atomic E-state index is 0.250. The maximum atomic E-state index is 13.4. The van der Waals surface area contributed by atoms with Gasteiger partial charge in [-0.3, -0.25) is 4.79 Å². The highest BCUT2D eigenvalue weighted by Crippen LogP contribution is 2.33. The summed E-state index contributed by atoms with van der Waals surface area (Å²) >= 11 is 0. The normalized spacial score (nSPS) is 26.6. The highest BCUT2D eigenvalue weighted by Gasteiger charge is 2.54. The van der Waals surface area contributed by atoms with Crippen LogP contribution in [0.1, 0.15) is 361 Å². The molecule has 3 aliphatic rings. The summed E-state index contributed by atoms with van der Waals surface area (Å²) in [6, 6.07) is -0.969. The number of allylic oxidation sites excluding steroid dienone is 1. The number of hydrogen-bond acceptors (Lipinski definition) is 18. The summed E-state index contributed by atoms with van der Waals surface area (Å²) in [5, 5.41) is 121. The molecule has 0 saturated carbocycles. The molecule has 0 bridgehead atoms. The van der Waals surface area contributed by atoms with Gasteiger partial charge in [0.15, 0.2) is 18.9 Å². The first-order valence-electron chi connectivity index (χ1n) is 41.4. The zero-order chi connectivity index (χ0) is 71.8. The number of nitrogens with one attached hydrogen (secondary N) is 1. The van der Waals surface area contributed by atoms with Gasteiger partial charge in [0.25, 0.3) is 0 Å². The van der Waals surface area contributed by atoms with E-state index >= 15 is 0 Å². The molecule has 0 radical (unpaired) electrons. The molecule has 0 aromatic carbocycles. The van der Waals surface area contributed by atoms with Gasteiger partial charge in [-0.15, -0.1) is 0 Å². The van der Waals surface area contributed by atoms with E-state index in [2.05, 4.69) is 19.2 Å². The van der Waals surface area contributed by atoms with Crippen LogP contribution >= 0.6 is 0 Å². The molecule has 19 heteroatoms. The van der Waals surface area contributed by atoms with E-state index in [1.165, 1.54) is 289 Å². The number of hydrogen-bond donors (Lipinski definition) is 12. The SMILES string of the molecule is CCCCCCCCCCCCC/C=C/C(O)C(COC1OC(CO)C(OC2OC(CO)C(OC3OC(CO)C(O)C(O)C3O)C(O)C2O)C(O)C1O)NC(=O)CCCCCCCCCCCCCCCCCCCCCCCCCCCCCCCCCCCCCCCCCCC. The second-order valence-corrected chi connectivity index (χ2v) is 30.0. The van der Waals surface area contributed by atoms with E-state index < -0.39 is 124 Å². The largest absolute Gasteiger partial charge is 0.394 e. The average molecular weight is 1420 g/mol. The van der Waals surface area contributed by atoms with Crippen molar-refractivity contribution in [3.05, 3.63) is 12.2 Å². The molecule has 3 fully saturated rings. The van der Waals surface area contributed by atoms with Crippen LogP contribution in [0.2, 0.25) is 0 Å². The summed E-state index contributed by atoms with van der Waals surface area (Å²) in [6.45, 7) is 1.77. The van der Waals surface area contributed by atoms with Gasteiger partial charge in [-0.05, 0) is 19.3 Å². The highest BCUT2D eigenvalue weighted by atomic mass is 16.8. The molecular formula is C80H153NO18. The van der Waals surface area contributed by atoms with E-state index in [4.69, 9.17) is 28.4 Å². The van der Waals surface area contributed by atoms with Gasteiger partial charge in [0.2, 0.25) is 5.91 Å². The Morgan fingerprint density at radius 3 is 0.949 bits per heavy atom. The topological polar surface area (TPSA) is 307 Å². The van der Waals surface area contributed by atoms with Crippen molar-refractivity contribution in [2.24, 2.45) is 0 Å². The smallest absolute Gasteiger partial charge is 0.220 e. The Labute approximate surface area is 601 Å². The van der Waals surface area contributed by atoms with Crippen LogP contribution in [0.4, 0.5) is 0 Å². The maximum absolute atomic E-state index is 13.4. The molecule has 19 nitrogen and oxygen atoms in total. The Bertz CT molecular complexity index is 1840. The first-order valence-corrected chi connectivity index (χ1v) is 41.4. The van der Waals surface area contributed by atoms with Crippen LogP contribution in [-0.2, 0) is 33.2 Å². The molecule has 586 valence electrons. The van der Waals surface area contributed by atoms with Gasteiger partial charge in [-0.25, -0.2) is 0 Å². The van der Waals surface area contributed by atoms with Crippen LogP contribution in [0.25, 0.3) is 0 Å². The van der Waals surface area contributed by atoms with Crippen molar-refractivity contribution in [3.63, 3.8) is 0 Å². The molecule has 0 spiro atoms. The van der Waals surface area contributed by atoms with Crippen molar-refractivity contribution >= 4 is 5.91 Å². The van der Waals surface area contributed by atoms with Crippen molar-refractivity contribution in [3.8, 4) is 0 Å².